The van der Waals surface area contributed by atoms with Crippen molar-refractivity contribution in [2.24, 2.45) is 0 Å². The molecule has 1 aromatic heterocycles. The van der Waals surface area contributed by atoms with Crippen molar-refractivity contribution in [3.05, 3.63) is 69.8 Å². The number of para-hydroxylation sites is 1. The molecule has 3 heterocycles. The summed E-state index contributed by atoms with van der Waals surface area (Å²) in [6.07, 6.45) is 2.32. The van der Waals surface area contributed by atoms with Crippen LogP contribution in [-0.4, -0.2) is 39.3 Å². The van der Waals surface area contributed by atoms with Crippen LogP contribution in [-0.2, 0) is 11.2 Å². The number of fused-ring (bicyclic) bond motifs is 4. The minimum absolute atomic E-state index is 0.0700. The van der Waals surface area contributed by atoms with Gasteiger partial charge in [-0.15, -0.1) is 0 Å². The first-order valence-corrected chi connectivity index (χ1v) is 10.9. The monoisotopic (exact) mass is 451 g/mol. The molecule has 29 heavy (non-hydrogen) atoms. The lowest BCUT2D eigenvalue weighted by molar-refractivity contribution is -0.128. The first-order chi connectivity index (χ1) is 14.1. The Morgan fingerprint density at radius 3 is 2.76 bits per heavy atom. The molecule has 1 N–H and O–H groups in total. The molecule has 0 bridgehead atoms. The maximum Gasteiger partial charge on any atom is 0.328 e. The smallest absolute Gasteiger partial charge is 0.328 e. The number of rotatable bonds is 4. The van der Waals surface area contributed by atoms with Crippen molar-refractivity contribution in [2.45, 2.75) is 38.3 Å². The van der Waals surface area contributed by atoms with Gasteiger partial charge in [0.25, 0.3) is 5.91 Å². The fraction of sp³-hybridized carbons (Fsp3) is 0.304. The van der Waals surface area contributed by atoms with E-state index in [0.29, 0.717) is 13.0 Å². The molecule has 3 aromatic rings. The third-order valence-electron chi connectivity index (χ3n) is 6.03. The Hall–Kier alpha value is -2.60. The zero-order valence-corrected chi connectivity index (χ0v) is 17.8. The molecule has 5 rings (SSSR count). The number of halogens is 1. The number of unbranched alkanes of at least 4 members (excludes halogenated alkanes) is 1. The Morgan fingerprint density at radius 2 is 1.97 bits per heavy atom. The zero-order chi connectivity index (χ0) is 20.1. The van der Waals surface area contributed by atoms with Gasteiger partial charge >= 0.3 is 6.03 Å². The Labute approximate surface area is 177 Å². The second kappa shape index (κ2) is 7.02. The highest BCUT2D eigenvalue weighted by molar-refractivity contribution is 9.10. The third kappa shape index (κ3) is 2.81. The first kappa shape index (κ1) is 18.4. The third-order valence-corrected chi connectivity index (χ3v) is 6.53. The summed E-state index contributed by atoms with van der Waals surface area (Å²) in [6.45, 7) is 2.56. The van der Waals surface area contributed by atoms with E-state index in [1.165, 1.54) is 4.90 Å². The molecule has 0 aliphatic carbocycles. The number of aromatic amines is 1. The highest BCUT2D eigenvalue weighted by atomic mass is 79.9. The minimum atomic E-state index is -0.449. The quantitative estimate of drug-likeness (QED) is 0.566. The number of benzene rings is 2. The average molecular weight is 452 g/mol. The minimum Gasteiger partial charge on any atom is -0.356 e. The Balaban J connectivity index is 1.69. The topological polar surface area (TPSA) is 56.4 Å². The SMILES string of the molecule is CCCCN1C(=O)C2Cc3c([nH]c4ccccc34)C(c3cccc(Br)c3)N2C1=O. The van der Waals surface area contributed by atoms with Crippen LogP contribution < -0.4 is 0 Å². The van der Waals surface area contributed by atoms with Crippen molar-refractivity contribution in [3.63, 3.8) is 0 Å². The van der Waals surface area contributed by atoms with Crippen LogP contribution in [0, 0.1) is 0 Å². The molecule has 1 fully saturated rings. The highest BCUT2D eigenvalue weighted by Gasteiger charge is 2.52. The Morgan fingerprint density at radius 1 is 1.14 bits per heavy atom. The first-order valence-electron chi connectivity index (χ1n) is 10.1. The predicted molar refractivity (Wildman–Crippen MR) is 116 cm³/mol. The van der Waals surface area contributed by atoms with Gasteiger partial charge < -0.3 is 4.98 Å². The normalized spacial score (nSPS) is 21.0. The second-order valence-corrected chi connectivity index (χ2v) is 8.69. The molecule has 3 amide bonds. The molecular weight excluding hydrogens is 430 g/mol. The van der Waals surface area contributed by atoms with Crippen molar-refractivity contribution >= 4 is 38.8 Å². The molecule has 2 atom stereocenters. The van der Waals surface area contributed by atoms with Gasteiger partial charge in [-0.3, -0.25) is 14.6 Å². The lowest BCUT2D eigenvalue weighted by Gasteiger charge is -2.36. The summed E-state index contributed by atoms with van der Waals surface area (Å²) in [4.78, 5) is 33.4. The van der Waals surface area contributed by atoms with Crippen molar-refractivity contribution in [1.82, 2.24) is 14.8 Å². The van der Waals surface area contributed by atoms with Crippen LogP contribution in [0.15, 0.2) is 53.0 Å². The van der Waals surface area contributed by atoms with Gasteiger partial charge in [0.1, 0.15) is 12.1 Å². The summed E-state index contributed by atoms with van der Waals surface area (Å²) >= 11 is 3.56. The molecule has 5 nitrogen and oxygen atoms in total. The molecule has 148 valence electrons. The molecule has 6 heteroatoms. The van der Waals surface area contributed by atoms with Gasteiger partial charge in [-0.05, 0) is 35.7 Å². The van der Waals surface area contributed by atoms with Crippen LogP contribution in [0.1, 0.15) is 42.6 Å². The van der Waals surface area contributed by atoms with Gasteiger partial charge in [0.15, 0.2) is 0 Å². The van der Waals surface area contributed by atoms with Crippen LogP contribution in [0.3, 0.4) is 0 Å². The van der Waals surface area contributed by atoms with Crippen LogP contribution in [0.4, 0.5) is 4.79 Å². The van der Waals surface area contributed by atoms with Crippen molar-refractivity contribution in [2.75, 3.05) is 6.54 Å². The number of imide groups is 1. The van der Waals surface area contributed by atoms with E-state index in [0.717, 1.165) is 45.0 Å². The molecule has 2 aliphatic heterocycles. The number of amides is 3. The van der Waals surface area contributed by atoms with Gasteiger partial charge in [0, 0.05) is 34.0 Å². The number of hydrogen-bond donors (Lipinski definition) is 1. The van der Waals surface area contributed by atoms with E-state index in [4.69, 9.17) is 0 Å². The van der Waals surface area contributed by atoms with E-state index in [-0.39, 0.29) is 18.0 Å². The van der Waals surface area contributed by atoms with Crippen LogP contribution in [0.5, 0.6) is 0 Å². The van der Waals surface area contributed by atoms with Gasteiger partial charge in [0.05, 0.1) is 0 Å². The van der Waals surface area contributed by atoms with Crippen molar-refractivity contribution in [1.29, 1.82) is 0 Å². The number of hydrogen-bond acceptors (Lipinski definition) is 2. The summed E-state index contributed by atoms with van der Waals surface area (Å²) in [7, 11) is 0. The second-order valence-electron chi connectivity index (χ2n) is 7.77. The number of urea groups is 1. The summed E-state index contributed by atoms with van der Waals surface area (Å²) in [5.41, 5.74) is 4.20. The number of aromatic nitrogens is 1. The Kier molecular flexibility index (Phi) is 4.46. The van der Waals surface area contributed by atoms with Crippen molar-refractivity contribution in [3.8, 4) is 0 Å². The van der Waals surface area contributed by atoms with Crippen molar-refractivity contribution < 1.29 is 9.59 Å². The number of nitrogens with one attached hydrogen (secondary N) is 1. The largest absolute Gasteiger partial charge is 0.356 e. The van der Waals surface area contributed by atoms with E-state index < -0.39 is 6.04 Å². The standard InChI is InChI=1S/C23H22BrN3O2/c1-2-3-11-26-22(28)19-13-17-16-9-4-5-10-18(16)25-20(17)21(27(19)23(26)29)14-7-6-8-15(24)12-14/h4-10,12,19,21,25H,2-3,11,13H2,1H3. The fourth-order valence-electron chi connectivity index (χ4n) is 4.67. The zero-order valence-electron chi connectivity index (χ0n) is 16.2. The maximum atomic E-state index is 13.4. The van der Waals surface area contributed by atoms with E-state index in [2.05, 4.69) is 33.9 Å². The van der Waals surface area contributed by atoms with E-state index in [1.54, 1.807) is 4.90 Å². The van der Waals surface area contributed by atoms with Crippen LogP contribution in [0.2, 0.25) is 0 Å². The molecule has 1 saturated heterocycles. The fourth-order valence-corrected chi connectivity index (χ4v) is 5.09. The molecule has 2 aromatic carbocycles. The average Bonchev–Trinajstić information content (AvgIpc) is 3.20. The van der Waals surface area contributed by atoms with E-state index in [1.807, 2.05) is 42.5 Å². The van der Waals surface area contributed by atoms with Crippen LogP contribution in [0.25, 0.3) is 10.9 Å². The number of nitrogens with zero attached hydrogens (tertiary/aromatic N) is 2. The molecule has 0 saturated carbocycles. The van der Waals surface area contributed by atoms with Crippen LogP contribution >= 0.6 is 15.9 Å². The van der Waals surface area contributed by atoms with Gasteiger partial charge in [-0.1, -0.05) is 59.6 Å². The molecule has 0 spiro atoms. The molecule has 2 aliphatic rings. The molecule has 2 unspecified atom stereocenters. The maximum absolute atomic E-state index is 13.4. The summed E-state index contributed by atoms with van der Waals surface area (Å²) in [5.74, 6) is -0.0700. The number of carbonyl (C=O) groups is 2. The lowest BCUT2D eigenvalue weighted by atomic mass is 9.89. The predicted octanol–water partition coefficient (Wildman–Crippen LogP) is 5.01. The van der Waals surface area contributed by atoms with Gasteiger partial charge in [-0.25, -0.2) is 4.79 Å². The summed E-state index contributed by atoms with van der Waals surface area (Å²) < 4.78 is 0.954. The number of carbonyl (C=O) groups excluding carboxylic acids is 2. The van der Waals surface area contributed by atoms with E-state index in [9.17, 15) is 9.59 Å². The molecular formula is C23H22BrN3O2. The summed E-state index contributed by atoms with van der Waals surface area (Å²) in [5, 5.41) is 1.13. The highest BCUT2D eigenvalue weighted by Crippen LogP contribution is 2.44. The lowest BCUT2D eigenvalue weighted by Crippen LogP contribution is -2.44. The van der Waals surface area contributed by atoms with Gasteiger partial charge in [-0.2, -0.15) is 0 Å². The van der Waals surface area contributed by atoms with E-state index >= 15 is 0 Å². The van der Waals surface area contributed by atoms with Gasteiger partial charge in [0.2, 0.25) is 0 Å². The Bertz CT molecular complexity index is 1120. The summed E-state index contributed by atoms with van der Waals surface area (Å²) in [6, 6.07) is 15.2. The molecule has 0 radical (unpaired) electrons. The number of H-pyrrole nitrogens is 1.